The Labute approximate surface area is 141 Å². The van der Waals surface area contributed by atoms with Gasteiger partial charge in [0.05, 0.1) is 5.75 Å². The summed E-state index contributed by atoms with van der Waals surface area (Å²) in [6, 6.07) is 6.46. The van der Waals surface area contributed by atoms with Crippen LogP contribution in [0.25, 0.3) is 0 Å². The number of carbonyl (C=O) groups excluding carboxylic acids is 1. The van der Waals surface area contributed by atoms with E-state index >= 15 is 0 Å². The van der Waals surface area contributed by atoms with E-state index in [4.69, 9.17) is 27.4 Å². The Morgan fingerprint density at radius 3 is 2.45 bits per heavy atom. The fourth-order valence-electron chi connectivity index (χ4n) is 1.74. The predicted octanol–water partition coefficient (Wildman–Crippen LogP) is 2.96. The van der Waals surface area contributed by atoms with Gasteiger partial charge in [0.1, 0.15) is 5.75 Å². The number of alkyl halides is 2. The summed E-state index contributed by atoms with van der Waals surface area (Å²) in [5.41, 5.74) is 0.722. The average molecular weight is 368 g/mol. The highest BCUT2D eigenvalue weighted by Gasteiger charge is 2.23. The Bertz CT molecular complexity index is 617. The zero-order valence-electron chi connectivity index (χ0n) is 12.6. The van der Waals surface area contributed by atoms with Crippen molar-refractivity contribution >= 4 is 39.2 Å². The van der Waals surface area contributed by atoms with Crippen LogP contribution in [0.5, 0.6) is 5.75 Å². The summed E-state index contributed by atoms with van der Waals surface area (Å²) >= 11 is 11.3. The number of benzene rings is 1. The van der Waals surface area contributed by atoms with Gasteiger partial charge in [-0.25, -0.2) is 0 Å². The van der Waals surface area contributed by atoms with Crippen LogP contribution in [0.3, 0.4) is 0 Å². The first-order valence-electron chi connectivity index (χ1n) is 6.76. The Morgan fingerprint density at radius 1 is 1.32 bits per heavy atom. The molecule has 1 rings (SSSR count). The zero-order valence-corrected chi connectivity index (χ0v) is 15.0. The lowest BCUT2D eigenvalue weighted by Gasteiger charge is -2.27. The first kappa shape index (κ1) is 19.1. The quantitative estimate of drug-likeness (QED) is 0.548. The van der Waals surface area contributed by atoms with Crippen LogP contribution >= 0.6 is 23.2 Å². The molecular formula is C14H19Cl2NO4S. The van der Waals surface area contributed by atoms with Gasteiger partial charge in [0.2, 0.25) is 0 Å². The fourth-order valence-corrected chi connectivity index (χ4v) is 2.50. The molecule has 0 saturated carbocycles. The van der Waals surface area contributed by atoms with Crippen molar-refractivity contribution in [3.63, 3.8) is 0 Å². The third kappa shape index (κ3) is 5.66. The molecule has 8 heteroatoms. The molecule has 0 aromatic heterocycles. The average Bonchev–Trinajstić information content (AvgIpc) is 2.43. The van der Waals surface area contributed by atoms with Crippen molar-refractivity contribution in [1.82, 2.24) is 4.90 Å². The number of amides is 1. The number of rotatable bonds is 7. The summed E-state index contributed by atoms with van der Waals surface area (Å²) in [6.07, 6.45) is 0. The SMILES string of the molecule is CCS(=O)(=O)Oc1cccc(CN(C(=O)C(Cl)Cl)C(C)C)c1. The lowest BCUT2D eigenvalue weighted by Crippen LogP contribution is -2.39. The third-order valence-corrected chi connectivity index (χ3v) is 4.45. The Balaban J connectivity index is 2.95. The number of hydrogen-bond donors (Lipinski definition) is 0. The van der Waals surface area contributed by atoms with Crippen LogP contribution in [0.1, 0.15) is 26.3 Å². The lowest BCUT2D eigenvalue weighted by atomic mass is 10.2. The van der Waals surface area contributed by atoms with E-state index in [-0.39, 0.29) is 24.1 Å². The van der Waals surface area contributed by atoms with Gasteiger partial charge >= 0.3 is 10.1 Å². The fraction of sp³-hybridized carbons (Fsp3) is 0.500. The molecule has 0 aliphatic heterocycles. The summed E-state index contributed by atoms with van der Waals surface area (Å²) in [5.74, 6) is -0.303. The highest BCUT2D eigenvalue weighted by molar-refractivity contribution is 7.87. The van der Waals surface area contributed by atoms with E-state index in [1.54, 1.807) is 24.3 Å². The molecule has 1 aromatic rings. The van der Waals surface area contributed by atoms with Crippen LogP contribution in [0.15, 0.2) is 24.3 Å². The van der Waals surface area contributed by atoms with Crippen molar-refractivity contribution < 1.29 is 17.4 Å². The lowest BCUT2D eigenvalue weighted by molar-refractivity contribution is -0.131. The second-order valence-corrected chi connectivity index (χ2v) is 7.89. The topological polar surface area (TPSA) is 63.7 Å². The Hall–Kier alpha value is -0.980. The van der Waals surface area contributed by atoms with Crippen LogP contribution in [-0.4, -0.2) is 35.9 Å². The second-order valence-electron chi connectivity index (χ2n) is 4.94. The van der Waals surface area contributed by atoms with Crippen LogP contribution < -0.4 is 4.18 Å². The monoisotopic (exact) mass is 367 g/mol. The zero-order chi connectivity index (χ0) is 16.9. The van der Waals surface area contributed by atoms with E-state index in [1.807, 2.05) is 13.8 Å². The molecule has 22 heavy (non-hydrogen) atoms. The van der Waals surface area contributed by atoms with Crippen LogP contribution in [-0.2, 0) is 21.5 Å². The molecule has 124 valence electrons. The first-order chi connectivity index (χ1) is 10.2. The minimum atomic E-state index is -3.59. The largest absolute Gasteiger partial charge is 0.382 e. The maximum absolute atomic E-state index is 12.0. The van der Waals surface area contributed by atoms with Gasteiger partial charge in [0.15, 0.2) is 4.84 Å². The van der Waals surface area contributed by atoms with Crippen LogP contribution in [0.4, 0.5) is 0 Å². The van der Waals surface area contributed by atoms with Crippen molar-refractivity contribution in [3.05, 3.63) is 29.8 Å². The molecule has 5 nitrogen and oxygen atoms in total. The molecule has 0 aliphatic carbocycles. The van der Waals surface area contributed by atoms with Gasteiger partial charge < -0.3 is 9.08 Å². The molecule has 0 aliphatic rings. The molecule has 0 spiro atoms. The number of carbonyl (C=O) groups is 1. The van der Waals surface area contributed by atoms with Crippen molar-refractivity contribution in [3.8, 4) is 5.75 Å². The Kier molecular flexibility index (Phi) is 6.97. The van der Waals surface area contributed by atoms with Gasteiger partial charge in [-0.15, -0.1) is 0 Å². The van der Waals surface area contributed by atoms with Crippen molar-refractivity contribution in [2.75, 3.05) is 5.75 Å². The molecule has 0 radical (unpaired) electrons. The summed E-state index contributed by atoms with van der Waals surface area (Å²) in [5, 5.41) is 0. The summed E-state index contributed by atoms with van der Waals surface area (Å²) in [7, 11) is -3.59. The predicted molar refractivity (Wildman–Crippen MR) is 87.7 cm³/mol. The summed E-state index contributed by atoms with van der Waals surface area (Å²) < 4.78 is 27.9. The van der Waals surface area contributed by atoms with Gasteiger partial charge in [0, 0.05) is 12.6 Å². The maximum atomic E-state index is 12.0. The third-order valence-electron chi connectivity index (χ3n) is 2.92. The molecule has 1 amide bonds. The minimum Gasteiger partial charge on any atom is -0.382 e. The summed E-state index contributed by atoms with van der Waals surface area (Å²) in [6.45, 7) is 5.45. The number of halogens is 2. The molecule has 0 fully saturated rings. The maximum Gasteiger partial charge on any atom is 0.308 e. The molecule has 0 N–H and O–H groups in total. The molecule has 1 aromatic carbocycles. The minimum absolute atomic E-state index is 0.101. The van der Waals surface area contributed by atoms with Gasteiger partial charge in [-0.3, -0.25) is 4.79 Å². The van der Waals surface area contributed by atoms with Gasteiger partial charge in [-0.05, 0) is 38.5 Å². The van der Waals surface area contributed by atoms with Gasteiger partial charge in [0.25, 0.3) is 5.91 Å². The number of nitrogens with zero attached hydrogens (tertiary/aromatic N) is 1. The first-order valence-corrected chi connectivity index (χ1v) is 9.21. The molecule has 0 unspecified atom stereocenters. The van der Waals surface area contributed by atoms with E-state index in [2.05, 4.69) is 0 Å². The molecule has 0 saturated heterocycles. The normalized spacial score (nSPS) is 11.8. The smallest absolute Gasteiger partial charge is 0.308 e. The summed E-state index contributed by atoms with van der Waals surface area (Å²) in [4.78, 5) is 12.4. The second kappa shape index (κ2) is 8.04. The van der Waals surface area contributed by atoms with Crippen LogP contribution in [0, 0.1) is 0 Å². The number of hydrogen-bond acceptors (Lipinski definition) is 4. The standard InChI is InChI=1S/C14H19Cl2NO4S/c1-4-22(19,20)21-12-7-5-6-11(8-12)9-17(10(2)3)14(18)13(15)16/h5-8,10,13H,4,9H2,1-3H3. The van der Waals surface area contributed by atoms with E-state index in [0.29, 0.717) is 0 Å². The van der Waals surface area contributed by atoms with Gasteiger partial charge in [-0.2, -0.15) is 8.42 Å². The highest BCUT2D eigenvalue weighted by Crippen LogP contribution is 2.19. The Morgan fingerprint density at radius 2 is 1.95 bits per heavy atom. The van der Waals surface area contributed by atoms with E-state index in [0.717, 1.165) is 5.56 Å². The van der Waals surface area contributed by atoms with Crippen molar-refractivity contribution in [1.29, 1.82) is 0 Å². The molecular weight excluding hydrogens is 349 g/mol. The van der Waals surface area contributed by atoms with Crippen LogP contribution in [0.2, 0.25) is 0 Å². The van der Waals surface area contributed by atoms with E-state index < -0.39 is 20.9 Å². The van der Waals surface area contributed by atoms with Crippen molar-refractivity contribution in [2.45, 2.75) is 38.2 Å². The molecule has 0 atom stereocenters. The van der Waals surface area contributed by atoms with Gasteiger partial charge in [-0.1, -0.05) is 35.3 Å². The van der Waals surface area contributed by atoms with Crippen molar-refractivity contribution in [2.24, 2.45) is 0 Å². The molecule has 0 heterocycles. The van der Waals surface area contributed by atoms with E-state index in [1.165, 1.54) is 11.8 Å². The molecule has 0 bridgehead atoms. The van der Waals surface area contributed by atoms with E-state index in [9.17, 15) is 13.2 Å². The highest BCUT2D eigenvalue weighted by atomic mass is 35.5.